The molecule has 0 aromatic heterocycles. The van der Waals surface area contributed by atoms with E-state index in [9.17, 15) is 18.0 Å². The highest BCUT2D eigenvalue weighted by Crippen LogP contribution is 2.29. The van der Waals surface area contributed by atoms with E-state index in [1.807, 2.05) is 0 Å². The van der Waals surface area contributed by atoms with Gasteiger partial charge in [-0.25, -0.2) is 8.42 Å². The Hall–Kier alpha value is -2.09. The molecular weight excluding hydrogens is 334 g/mol. The molecule has 0 radical (unpaired) electrons. The van der Waals surface area contributed by atoms with E-state index in [0.717, 1.165) is 0 Å². The first-order valence-electron chi connectivity index (χ1n) is 7.58. The van der Waals surface area contributed by atoms with Crippen LogP contribution in [0.4, 0.5) is 0 Å². The third-order valence-corrected chi connectivity index (χ3v) is 5.59. The molecular formula is C16H21NO6S. The Morgan fingerprint density at radius 2 is 2.00 bits per heavy atom. The number of Topliss-reactive ketones (excluding diaryl/α,β-unsaturated/α-hetero) is 1. The molecule has 24 heavy (non-hydrogen) atoms. The van der Waals surface area contributed by atoms with Crippen LogP contribution in [0.3, 0.4) is 0 Å². The van der Waals surface area contributed by atoms with Crippen LogP contribution in [-0.4, -0.2) is 50.9 Å². The lowest BCUT2D eigenvalue weighted by Gasteiger charge is -2.19. The highest BCUT2D eigenvalue weighted by Gasteiger charge is 2.30. The van der Waals surface area contributed by atoms with Gasteiger partial charge in [-0.05, 0) is 38.5 Å². The van der Waals surface area contributed by atoms with Gasteiger partial charge in [-0.2, -0.15) is 0 Å². The molecule has 1 aliphatic heterocycles. The number of rotatable bonds is 6. The van der Waals surface area contributed by atoms with Crippen molar-refractivity contribution in [1.29, 1.82) is 0 Å². The third-order valence-electron chi connectivity index (χ3n) is 3.82. The summed E-state index contributed by atoms with van der Waals surface area (Å²) in [6.45, 7) is 3.01. The number of hydrogen-bond acceptors (Lipinski definition) is 6. The van der Waals surface area contributed by atoms with E-state index in [1.54, 1.807) is 25.1 Å². The van der Waals surface area contributed by atoms with Gasteiger partial charge in [-0.1, -0.05) is 0 Å². The second-order valence-corrected chi connectivity index (χ2v) is 8.02. The van der Waals surface area contributed by atoms with Gasteiger partial charge in [0.2, 0.25) is 0 Å². The number of hydrogen-bond donors (Lipinski definition) is 1. The van der Waals surface area contributed by atoms with Crippen molar-refractivity contribution in [2.24, 2.45) is 0 Å². The Kier molecular flexibility index (Phi) is 5.48. The predicted octanol–water partition coefficient (Wildman–Crippen LogP) is 0.968. The van der Waals surface area contributed by atoms with E-state index >= 15 is 0 Å². The van der Waals surface area contributed by atoms with Gasteiger partial charge in [-0.3, -0.25) is 9.59 Å². The summed E-state index contributed by atoms with van der Waals surface area (Å²) in [5.41, 5.74) is 0.479. The lowest BCUT2D eigenvalue weighted by atomic mass is 10.1. The van der Waals surface area contributed by atoms with Crippen molar-refractivity contribution in [2.75, 3.05) is 18.6 Å². The lowest BCUT2D eigenvalue weighted by molar-refractivity contribution is -0.127. The Balaban J connectivity index is 2.02. The fourth-order valence-electron chi connectivity index (χ4n) is 2.46. The van der Waals surface area contributed by atoms with E-state index in [2.05, 4.69) is 5.32 Å². The SMILES string of the molecule is COc1cc(C(C)=O)ccc1O[C@H](C)C(=O)N[C@@H]1CCS(=O)(=O)C1. The monoisotopic (exact) mass is 355 g/mol. The first-order chi connectivity index (χ1) is 11.2. The van der Waals surface area contributed by atoms with Crippen molar-refractivity contribution in [2.45, 2.75) is 32.4 Å². The minimum absolute atomic E-state index is 0.0396. The molecule has 1 N–H and O–H groups in total. The van der Waals surface area contributed by atoms with Crippen LogP contribution in [0.25, 0.3) is 0 Å². The van der Waals surface area contributed by atoms with Gasteiger partial charge >= 0.3 is 0 Å². The van der Waals surface area contributed by atoms with Gasteiger partial charge in [0.1, 0.15) is 0 Å². The van der Waals surface area contributed by atoms with Crippen LogP contribution in [0.15, 0.2) is 18.2 Å². The van der Waals surface area contributed by atoms with E-state index < -0.39 is 21.8 Å². The minimum Gasteiger partial charge on any atom is -0.493 e. The molecule has 0 unspecified atom stereocenters. The smallest absolute Gasteiger partial charge is 0.261 e. The van der Waals surface area contributed by atoms with Crippen molar-refractivity contribution < 1.29 is 27.5 Å². The fourth-order valence-corrected chi connectivity index (χ4v) is 4.13. The minimum atomic E-state index is -3.06. The standard InChI is InChI=1S/C16H21NO6S/c1-10(18)12-4-5-14(15(8-12)22-3)23-11(2)16(19)17-13-6-7-24(20,21)9-13/h4-5,8,11,13H,6-7,9H2,1-3H3,(H,17,19)/t11-,13-/m1/s1. The molecule has 1 amide bonds. The Bertz CT molecular complexity index is 743. The summed E-state index contributed by atoms with van der Waals surface area (Å²) in [6.07, 6.45) is -0.414. The van der Waals surface area contributed by atoms with Crippen LogP contribution in [0.1, 0.15) is 30.6 Å². The Morgan fingerprint density at radius 3 is 2.54 bits per heavy atom. The largest absolute Gasteiger partial charge is 0.493 e. The normalized spacial score (nSPS) is 20.2. The van der Waals surface area contributed by atoms with Crippen LogP contribution in [0.5, 0.6) is 11.5 Å². The number of benzene rings is 1. The van der Waals surface area contributed by atoms with Crippen molar-refractivity contribution in [1.82, 2.24) is 5.32 Å². The highest BCUT2D eigenvalue weighted by molar-refractivity contribution is 7.91. The summed E-state index contributed by atoms with van der Waals surface area (Å²) in [4.78, 5) is 23.6. The number of amides is 1. The molecule has 1 heterocycles. The summed E-state index contributed by atoms with van der Waals surface area (Å²) in [5.74, 6) is 0.244. The maximum absolute atomic E-state index is 12.2. The highest BCUT2D eigenvalue weighted by atomic mass is 32.2. The van der Waals surface area contributed by atoms with Gasteiger partial charge in [0.25, 0.3) is 5.91 Å². The maximum atomic E-state index is 12.2. The van der Waals surface area contributed by atoms with Crippen molar-refractivity contribution in [3.05, 3.63) is 23.8 Å². The Morgan fingerprint density at radius 1 is 1.29 bits per heavy atom. The summed E-state index contributed by atoms with van der Waals surface area (Å²) in [6, 6.07) is 4.33. The molecule has 0 aliphatic carbocycles. The molecule has 0 spiro atoms. The van der Waals surface area contributed by atoms with E-state index in [-0.39, 0.29) is 23.3 Å². The zero-order valence-corrected chi connectivity index (χ0v) is 14.7. The second kappa shape index (κ2) is 7.21. The van der Waals surface area contributed by atoms with Gasteiger partial charge in [0, 0.05) is 11.6 Å². The number of ketones is 1. The molecule has 1 aromatic rings. The van der Waals surface area contributed by atoms with Crippen LogP contribution < -0.4 is 14.8 Å². The molecule has 1 aliphatic rings. The van der Waals surface area contributed by atoms with E-state index in [4.69, 9.17) is 9.47 Å². The molecule has 1 saturated heterocycles. The zero-order valence-electron chi connectivity index (χ0n) is 13.9. The van der Waals surface area contributed by atoms with Crippen molar-refractivity contribution >= 4 is 21.5 Å². The van der Waals surface area contributed by atoms with Gasteiger partial charge in [0.15, 0.2) is 33.2 Å². The Labute approximate surface area is 141 Å². The average Bonchev–Trinajstić information content (AvgIpc) is 2.86. The first-order valence-corrected chi connectivity index (χ1v) is 9.40. The summed E-state index contributed by atoms with van der Waals surface area (Å²) < 4.78 is 33.6. The first kappa shape index (κ1) is 18.3. The lowest BCUT2D eigenvalue weighted by Crippen LogP contribution is -2.43. The van der Waals surface area contributed by atoms with Crippen molar-refractivity contribution in [3.63, 3.8) is 0 Å². The van der Waals surface area contributed by atoms with Crippen LogP contribution in [0, 0.1) is 0 Å². The molecule has 1 aromatic carbocycles. The molecule has 0 bridgehead atoms. The fraction of sp³-hybridized carbons (Fsp3) is 0.500. The van der Waals surface area contributed by atoms with Crippen molar-refractivity contribution in [3.8, 4) is 11.5 Å². The summed E-state index contributed by atoms with van der Waals surface area (Å²) >= 11 is 0. The van der Waals surface area contributed by atoms with Crippen LogP contribution in [0.2, 0.25) is 0 Å². The van der Waals surface area contributed by atoms with E-state index in [0.29, 0.717) is 23.5 Å². The number of sulfone groups is 1. The van der Waals surface area contributed by atoms with Gasteiger partial charge in [0.05, 0.1) is 18.6 Å². The van der Waals surface area contributed by atoms with Gasteiger partial charge in [-0.15, -0.1) is 0 Å². The van der Waals surface area contributed by atoms with Gasteiger partial charge < -0.3 is 14.8 Å². The molecule has 2 atom stereocenters. The van der Waals surface area contributed by atoms with Crippen LogP contribution >= 0.6 is 0 Å². The predicted molar refractivity (Wildman–Crippen MR) is 88.3 cm³/mol. The number of nitrogens with one attached hydrogen (secondary N) is 1. The van der Waals surface area contributed by atoms with E-state index in [1.165, 1.54) is 14.0 Å². The van der Waals surface area contributed by atoms with Crippen LogP contribution in [-0.2, 0) is 14.6 Å². The summed E-state index contributed by atoms with van der Waals surface area (Å²) in [5, 5.41) is 2.68. The summed E-state index contributed by atoms with van der Waals surface area (Å²) in [7, 11) is -1.61. The molecule has 2 rings (SSSR count). The topological polar surface area (TPSA) is 98.8 Å². The number of methoxy groups -OCH3 is 1. The third kappa shape index (κ3) is 4.47. The average molecular weight is 355 g/mol. The number of carbonyl (C=O) groups excluding carboxylic acids is 2. The maximum Gasteiger partial charge on any atom is 0.261 e. The number of ether oxygens (including phenoxy) is 2. The zero-order chi connectivity index (χ0) is 17.9. The molecule has 7 nitrogen and oxygen atoms in total. The molecule has 1 fully saturated rings. The number of carbonyl (C=O) groups is 2. The second-order valence-electron chi connectivity index (χ2n) is 5.79. The molecule has 0 saturated carbocycles. The quantitative estimate of drug-likeness (QED) is 0.764. The molecule has 132 valence electrons. The molecule has 8 heteroatoms.